The molecule has 3 aromatic heterocycles. The number of rotatable bonds is 4. The Labute approximate surface area is 172 Å². The number of carbonyl (C=O) groups is 2. The fourth-order valence-corrected chi connectivity index (χ4v) is 3.95. The summed E-state index contributed by atoms with van der Waals surface area (Å²) in [5.41, 5.74) is 3.62. The molecule has 0 saturated carbocycles. The topological polar surface area (TPSA) is 92.2 Å². The van der Waals surface area contributed by atoms with Crippen molar-refractivity contribution in [1.82, 2.24) is 24.8 Å². The zero-order chi connectivity index (χ0) is 20.7. The van der Waals surface area contributed by atoms with E-state index in [4.69, 9.17) is 4.74 Å². The fourth-order valence-electron chi connectivity index (χ4n) is 3.95. The van der Waals surface area contributed by atoms with Crippen molar-refractivity contribution in [3.63, 3.8) is 0 Å². The van der Waals surface area contributed by atoms with Crippen molar-refractivity contribution in [2.75, 3.05) is 26.7 Å². The van der Waals surface area contributed by atoms with Gasteiger partial charge in [0.15, 0.2) is 0 Å². The van der Waals surface area contributed by atoms with Crippen LogP contribution in [0.25, 0.3) is 33.2 Å². The van der Waals surface area contributed by atoms with Gasteiger partial charge in [0.1, 0.15) is 17.9 Å². The third-order valence-electron chi connectivity index (χ3n) is 5.47. The molecule has 8 heteroatoms. The molecule has 0 bridgehead atoms. The van der Waals surface area contributed by atoms with Crippen LogP contribution in [0.2, 0.25) is 0 Å². The zero-order valence-corrected chi connectivity index (χ0v) is 16.5. The maximum atomic E-state index is 12.8. The molecule has 152 valence electrons. The summed E-state index contributed by atoms with van der Waals surface area (Å²) in [7, 11) is 1.63. The third-order valence-corrected chi connectivity index (χ3v) is 5.47. The molecule has 4 heterocycles. The number of benzene rings is 1. The molecule has 1 aliphatic heterocycles. The highest BCUT2D eigenvalue weighted by molar-refractivity contribution is 5.99. The first kappa shape index (κ1) is 18.2. The van der Waals surface area contributed by atoms with Crippen LogP contribution in [-0.4, -0.2) is 58.0 Å². The zero-order valence-electron chi connectivity index (χ0n) is 16.5. The van der Waals surface area contributed by atoms with Gasteiger partial charge in [-0.1, -0.05) is 0 Å². The number of pyridine rings is 1. The monoisotopic (exact) mass is 403 g/mol. The lowest BCUT2D eigenvalue weighted by atomic mass is 10.1. The summed E-state index contributed by atoms with van der Waals surface area (Å²) in [5, 5.41) is 4.74. The molecule has 0 spiro atoms. The first-order valence-electron chi connectivity index (χ1n) is 9.78. The summed E-state index contributed by atoms with van der Waals surface area (Å²) in [5.74, 6) is 0.542. The largest absolute Gasteiger partial charge is 0.497 e. The Balaban J connectivity index is 1.57. The fraction of sp³-hybridized carbons (Fsp3) is 0.227. The molecule has 0 unspecified atom stereocenters. The summed E-state index contributed by atoms with van der Waals surface area (Å²) < 4.78 is 7.35. The number of methoxy groups -OCH3 is 1. The highest BCUT2D eigenvalue weighted by atomic mass is 16.5. The predicted molar refractivity (Wildman–Crippen MR) is 113 cm³/mol. The van der Waals surface area contributed by atoms with E-state index in [0.29, 0.717) is 13.1 Å². The Morgan fingerprint density at radius 1 is 1.27 bits per heavy atom. The van der Waals surface area contributed by atoms with E-state index in [1.165, 1.54) is 0 Å². The lowest BCUT2D eigenvalue weighted by Crippen LogP contribution is -2.50. The second-order valence-electron chi connectivity index (χ2n) is 7.34. The molecule has 1 fully saturated rings. The molecule has 0 atom stereocenters. The maximum Gasteiger partial charge on any atom is 0.243 e. The number of carbonyl (C=O) groups excluding carboxylic acids is 2. The second kappa shape index (κ2) is 7.22. The van der Waals surface area contributed by atoms with Crippen molar-refractivity contribution >= 4 is 33.8 Å². The molecular formula is C22H21N5O3. The van der Waals surface area contributed by atoms with Gasteiger partial charge in [-0.05, 0) is 36.4 Å². The Hall–Kier alpha value is -3.81. The van der Waals surface area contributed by atoms with Gasteiger partial charge in [0, 0.05) is 53.0 Å². The number of hydrogen-bond acceptors (Lipinski definition) is 4. The summed E-state index contributed by atoms with van der Waals surface area (Å²) in [6.07, 6.45) is 3.72. The van der Waals surface area contributed by atoms with Crippen molar-refractivity contribution in [2.24, 2.45) is 0 Å². The van der Waals surface area contributed by atoms with Crippen LogP contribution >= 0.6 is 0 Å². The molecule has 30 heavy (non-hydrogen) atoms. The highest BCUT2D eigenvalue weighted by Gasteiger charge is 2.22. The number of hydrogen-bond donors (Lipinski definition) is 2. The second-order valence-corrected chi connectivity index (χ2v) is 7.34. The normalized spacial score (nSPS) is 14.3. The van der Waals surface area contributed by atoms with Gasteiger partial charge in [-0.25, -0.2) is 4.98 Å². The molecule has 4 aromatic rings. The number of nitrogens with one attached hydrogen (secondary N) is 2. The van der Waals surface area contributed by atoms with Crippen molar-refractivity contribution in [2.45, 2.75) is 6.54 Å². The smallest absolute Gasteiger partial charge is 0.243 e. The minimum absolute atomic E-state index is 0.0811. The molecule has 1 aliphatic rings. The maximum absolute atomic E-state index is 12.8. The number of aromatic amines is 1. The number of piperazine rings is 1. The van der Waals surface area contributed by atoms with Crippen molar-refractivity contribution in [3.8, 4) is 17.0 Å². The number of nitrogens with zero attached hydrogens (tertiary/aromatic N) is 3. The first-order chi connectivity index (χ1) is 14.6. The molecular weight excluding hydrogens is 382 g/mol. The van der Waals surface area contributed by atoms with Crippen molar-refractivity contribution < 1.29 is 14.3 Å². The minimum atomic E-state index is -0.122. The van der Waals surface area contributed by atoms with Crippen LogP contribution in [0.4, 0.5) is 0 Å². The van der Waals surface area contributed by atoms with Gasteiger partial charge in [-0.2, -0.15) is 0 Å². The first-order valence-corrected chi connectivity index (χ1v) is 9.78. The summed E-state index contributed by atoms with van der Waals surface area (Å²) in [6.45, 7) is 1.28. The number of amides is 2. The van der Waals surface area contributed by atoms with Crippen LogP contribution < -0.4 is 10.1 Å². The minimum Gasteiger partial charge on any atom is -0.497 e. The van der Waals surface area contributed by atoms with E-state index in [2.05, 4.69) is 21.4 Å². The number of fused-ring (bicyclic) bond motifs is 2. The SMILES string of the molecule is COc1ccc2c(c1)c(-c1cc3cccnc3[nH]1)cn2CC(=O)N1CCNC(=O)C1. The van der Waals surface area contributed by atoms with E-state index in [1.807, 2.05) is 41.1 Å². The van der Waals surface area contributed by atoms with Gasteiger partial charge in [-0.3, -0.25) is 9.59 Å². The van der Waals surface area contributed by atoms with E-state index >= 15 is 0 Å². The van der Waals surface area contributed by atoms with E-state index in [1.54, 1.807) is 18.2 Å². The lowest BCUT2D eigenvalue weighted by molar-refractivity contribution is -0.138. The van der Waals surface area contributed by atoms with Crippen molar-refractivity contribution in [1.29, 1.82) is 0 Å². The van der Waals surface area contributed by atoms with E-state index < -0.39 is 0 Å². The predicted octanol–water partition coefficient (Wildman–Crippen LogP) is 2.15. The molecule has 2 amide bonds. The quantitative estimate of drug-likeness (QED) is 0.546. The molecule has 0 aliphatic carbocycles. The average Bonchev–Trinajstić information content (AvgIpc) is 3.34. The van der Waals surface area contributed by atoms with Crippen LogP contribution in [0.15, 0.2) is 48.8 Å². The number of aromatic nitrogens is 3. The molecule has 1 aromatic carbocycles. The molecule has 5 rings (SSSR count). The van der Waals surface area contributed by atoms with Gasteiger partial charge in [-0.15, -0.1) is 0 Å². The number of H-pyrrole nitrogens is 1. The Morgan fingerprint density at radius 2 is 2.17 bits per heavy atom. The van der Waals surface area contributed by atoms with Gasteiger partial charge in [0.25, 0.3) is 0 Å². The summed E-state index contributed by atoms with van der Waals surface area (Å²) in [6, 6.07) is 11.8. The molecule has 0 radical (unpaired) electrons. The Kier molecular flexibility index (Phi) is 4.39. The third kappa shape index (κ3) is 3.16. The van der Waals surface area contributed by atoms with Gasteiger partial charge in [0.2, 0.25) is 11.8 Å². The van der Waals surface area contributed by atoms with Gasteiger partial charge in [0.05, 0.1) is 13.7 Å². The van der Waals surface area contributed by atoms with Crippen LogP contribution in [0, 0.1) is 0 Å². The van der Waals surface area contributed by atoms with Crippen LogP contribution in [-0.2, 0) is 16.1 Å². The van der Waals surface area contributed by atoms with Crippen LogP contribution in [0.1, 0.15) is 0 Å². The van der Waals surface area contributed by atoms with Crippen LogP contribution in [0.3, 0.4) is 0 Å². The van der Waals surface area contributed by atoms with Gasteiger partial charge < -0.3 is 24.5 Å². The lowest BCUT2D eigenvalue weighted by Gasteiger charge is -2.26. The number of ether oxygens (including phenoxy) is 1. The molecule has 1 saturated heterocycles. The standard InChI is InChI=1S/C22H21N5O3/c1-30-15-4-5-19-16(10-15)17(18-9-14-3-2-6-24-22(14)25-18)11-27(19)13-21(29)26-8-7-23-20(28)12-26/h2-6,9-11H,7-8,12-13H2,1H3,(H,23,28)(H,24,25). The molecule has 8 nitrogen and oxygen atoms in total. The Bertz CT molecular complexity index is 1240. The van der Waals surface area contributed by atoms with E-state index in [9.17, 15) is 9.59 Å². The average molecular weight is 403 g/mol. The summed E-state index contributed by atoms with van der Waals surface area (Å²) >= 11 is 0. The van der Waals surface area contributed by atoms with E-state index in [-0.39, 0.29) is 24.9 Å². The van der Waals surface area contributed by atoms with Crippen molar-refractivity contribution in [3.05, 3.63) is 48.8 Å². The molecule has 2 N–H and O–H groups in total. The van der Waals surface area contributed by atoms with E-state index in [0.717, 1.165) is 38.9 Å². The van der Waals surface area contributed by atoms with Gasteiger partial charge >= 0.3 is 0 Å². The summed E-state index contributed by atoms with van der Waals surface area (Å²) in [4.78, 5) is 33.8. The van der Waals surface area contributed by atoms with Crippen LogP contribution in [0.5, 0.6) is 5.75 Å². The Morgan fingerprint density at radius 3 is 2.97 bits per heavy atom. The highest BCUT2D eigenvalue weighted by Crippen LogP contribution is 2.34.